The summed E-state index contributed by atoms with van der Waals surface area (Å²) in [7, 11) is 4.27. The van der Waals surface area contributed by atoms with Crippen LogP contribution >= 0.6 is 12.2 Å². The smallest absolute Gasteiger partial charge is 0.136 e. The van der Waals surface area contributed by atoms with E-state index in [1.165, 1.54) is 19.3 Å². The first-order valence-electron chi connectivity index (χ1n) is 6.21. The fourth-order valence-electron chi connectivity index (χ4n) is 2.36. The molecule has 1 heterocycles. The molecule has 0 spiro atoms. The summed E-state index contributed by atoms with van der Waals surface area (Å²) in [6.07, 6.45) is 5.50. The minimum absolute atomic E-state index is 0.255. The summed E-state index contributed by atoms with van der Waals surface area (Å²) >= 11 is 5.04. The van der Waals surface area contributed by atoms with Gasteiger partial charge in [-0.2, -0.15) is 0 Å². The molecule has 4 nitrogen and oxygen atoms in total. The van der Waals surface area contributed by atoms with E-state index in [-0.39, 0.29) is 5.54 Å². The van der Waals surface area contributed by atoms with Gasteiger partial charge in [-0.3, -0.25) is 0 Å². The highest BCUT2D eigenvalue weighted by molar-refractivity contribution is 7.80. The predicted octanol–water partition coefficient (Wildman–Crippen LogP) is 1.61. The van der Waals surface area contributed by atoms with Gasteiger partial charge in [0.05, 0.1) is 5.56 Å². The lowest BCUT2D eigenvalue weighted by molar-refractivity contribution is 0.0738. The molecular weight excluding hydrogens is 244 g/mol. The van der Waals surface area contributed by atoms with E-state index in [1.54, 1.807) is 6.20 Å². The number of likely N-dealkylation sites (N-methyl/N-ethyl adjacent to an activating group) is 1. The van der Waals surface area contributed by atoms with Crippen LogP contribution in [0.3, 0.4) is 0 Å². The molecule has 0 aliphatic heterocycles. The molecule has 0 atom stereocenters. The summed E-state index contributed by atoms with van der Waals surface area (Å²) in [6.45, 7) is 0.882. The molecule has 2 rings (SSSR count). The largest absolute Gasteiger partial charge is 0.389 e. The maximum Gasteiger partial charge on any atom is 0.136 e. The van der Waals surface area contributed by atoms with E-state index in [9.17, 15) is 0 Å². The van der Waals surface area contributed by atoms with E-state index in [4.69, 9.17) is 18.0 Å². The fraction of sp³-hybridized carbons (Fsp3) is 0.538. The average Bonchev–Trinajstić information content (AvgIpc) is 2.27. The third-order valence-electron chi connectivity index (χ3n) is 3.89. The molecule has 1 aromatic heterocycles. The Morgan fingerprint density at radius 1 is 1.56 bits per heavy atom. The summed E-state index contributed by atoms with van der Waals surface area (Å²) < 4.78 is 0. The maximum atomic E-state index is 5.70. The van der Waals surface area contributed by atoms with E-state index < -0.39 is 0 Å². The van der Waals surface area contributed by atoms with Gasteiger partial charge in [-0.05, 0) is 45.5 Å². The summed E-state index contributed by atoms with van der Waals surface area (Å²) in [5.41, 5.74) is 6.78. The van der Waals surface area contributed by atoms with Crippen molar-refractivity contribution in [1.82, 2.24) is 9.88 Å². The van der Waals surface area contributed by atoms with Crippen LogP contribution in [0.5, 0.6) is 0 Å². The Labute approximate surface area is 114 Å². The molecule has 98 valence electrons. The minimum Gasteiger partial charge on any atom is -0.389 e. The lowest BCUT2D eigenvalue weighted by Crippen LogP contribution is -2.54. The summed E-state index contributed by atoms with van der Waals surface area (Å²) in [5.74, 6) is 0.790. The quantitative estimate of drug-likeness (QED) is 0.791. The van der Waals surface area contributed by atoms with Crippen molar-refractivity contribution in [2.45, 2.75) is 24.8 Å². The normalized spacial score (nSPS) is 17.3. The zero-order valence-corrected chi connectivity index (χ0v) is 11.8. The molecule has 1 saturated carbocycles. The van der Waals surface area contributed by atoms with Crippen LogP contribution in [0.1, 0.15) is 24.8 Å². The zero-order valence-electron chi connectivity index (χ0n) is 10.9. The molecule has 1 aromatic rings. The monoisotopic (exact) mass is 264 g/mol. The van der Waals surface area contributed by atoms with Gasteiger partial charge in [-0.25, -0.2) is 4.98 Å². The van der Waals surface area contributed by atoms with Gasteiger partial charge in [-0.15, -0.1) is 0 Å². The Morgan fingerprint density at radius 3 is 2.78 bits per heavy atom. The van der Waals surface area contributed by atoms with Gasteiger partial charge in [-0.1, -0.05) is 12.2 Å². The number of aromatic nitrogens is 1. The van der Waals surface area contributed by atoms with Crippen molar-refractivity contribution in [3.05, 3.63) is 23.9 Å². The van der Waals surface area contributed by atoms with Crippen molar-refractivity contribution >= 4 is 23.0 Å². The maximum absolute atomic E-state index is 5.70. The van der Waals surface area contributed by atoms with Crippen molar-refractivity contribution in [3.8, 4) is 0 Å². The van der Waals surface area contributed by atoms with Crippen LogP contribution in [-0.4, -0.2) is 41.1 Å². The van der Waals surface area contributed by atoms with E-state index in [1.807, 2.05) is 12.1 Å². The van der Waals surface area contributed by atoms with Crippen LogP contribution in [0, 0.1) is 0 Å². The van der Waals surface area contributed by atoms with Crippen LogP contribution < -0.4 is 11.1 Å². The van der Waals surface area contributed by atoms with Gasteiger partial charge < -0.3 is 16.0 Å². The van der Waals surface area contributed by atoms with E-state index in [2.05, 4.69) is 29.3 Å². The fourth-order valence-corrected chi connectivity index (χ4v) is 2.52. The van der Waals surface area contributed by atoms with Crippen molar-refractivity contribution in [2.24, 2.45) is 5.73 Å². The number of pyridine rings is 1. The molecule has 0 saturated heterocycles. The van der Waals surface area contributed by atoms with Crippen molar-refractivity contribution < 1.29 is 0 Å². The first kappa shape index (κ1) is 13.2. The summed E-state index contributed by atoms with van der Waals surface area (Å²) in [4.78, 5) is 7.01. The van der Waals surface area contributed by atoms with Crippen molar-refractivity contribution in [2.75, 3.05) is 26.0 Å². The Bertz CT molecular complexity index is 440. The second kappa shape index (κ2) is 5.20. The Balaban J connectivity index is 2.08. The molecule has 3 N–H and O–H groups in total. The third-order valence-corrected chi connectivity index (χ3v) is 4.11. The first-order chi connectivity index (χ1) is 8.55. The van der Waals surface area contributed by atoms with E-state index in [0.717, 1.165) is 17.9 Å². The number of rotatable bonds is 5. The highest BCUT2D eigenvalue weighted by Crippen LogP contribution is 2.36. The van der Waals surface area contributed by atoms with E-state index >= 15 is 0 Å². The van der Waals surface area contributed by atoms with Crippen LogP contribution in [0.4, 0.5) is 5.82 Å². The van der Waals surface area contributed by atoms with Crippen LogP contribution in [0.25, 0.3) is 0 Å². The molecule has 0 aromatic carbocycles. The van der Waals surface area contributed by atoms with Gasteiger partial charge in [0.2, 0.25) is 0 Å². The summed E-state index contributed by atoms with van der Waals surface area (Å²) in [6, 6.07) is 3.76. The highest BCUT2D eigenvalue weighted by Gasteiger charge is 2.38. The van der Waals surface area contributed by atoms with Crippen LogP contribution in [0.15, 0.2) is 18.3 Å². The molecule has 1 aliphatic rings. The Kier molecular flexibility index (Phi) is 3.82. The molecular formula is C13H20N4S. The highest BCUT2D eigenvalue weighted by atomic mass is 32.1. The van der Waals surface area contributed by atoms with Crippen molar-refractivity contribution in [3.63, 3.8) is 0 Å². The second-order valence-corrected chi connectivity index (χ2v) is 5.53. The average molecular weight is 264 g/mol. The van der Waals surface area contributed by atoms with Crippen molar-refractivity contribution in [1.29, 1.82) is 0 Å². The molecule has 0 unspecified atom stereocenters. The predicted molar refractivity (Wildman–Crippen MR) is 78.9 cm³/mol. The number of nitrogens with two attached hydrogens (primary N) is 1. The molecule has 5 heteroatoms. The van der Waals surface area contributed by atoms with Crippen LogP contribution in [-0.2, 0) is 0 Å². The lowest BCUT2D eigenvalue weighted by Gasteiger charge is -2.47. The van der Waals surface area contributed by atoms with Gasteiger partial charge in [0.15, 0.2) is 0 Å². The third kappa shape index (κ3) is 2.47. The number of hydrogen-bond donors (Lipinski definition) is 2. The molecule has 0 bridgehead atoms. The van der Waals surface area contributed by atoms with Gasteiger partial charge in [0, 0.05) is 18.3 Å². The topological polar surface area (TPSA) is 54.2 Å². The Hall–Kier alpha value is -1.20. The van der Waals surface area contributed by atoms with E-state index in [0.29, 0.717) is 4.99 Å². The molecule has 18 heavy (non-hydrogen) atoms. The molecule has 1 aliphatic carbocycles. The number of thiocarbonyl (C=S) groups is 1. The first-order valence-corrected chi connectivity index (χ1v) is 6.62. The molecule has 1 fully saturated rings. The number of hydrogen-bond acceptors (Lipinski definition) is 4. The second-order valence-electron chi connectivity index (χ2n) is 5.09. The number of anilines is 1. The number of nitrogens with zero attached hydrogens (tertiary/aromatic N) is 2. The van der Waals surface area contributed by atoms with Gasteiger partial charge >= 0.3 is 0 Å². The van der Waals surface area contributed by atoms with Gasteiger partial charge in [0.1, 0.15) is 10.8 Å². The molecule has 0 amide bonds. The standard InChI is InChI=1S/C13H20N4S/c1-17(2)13(6-4-7-13)9-16-12-10(11(14)18)5-3-8-15-12/h3,5,8H,4,6-7,9H2,1-2H3,(H2,14,18)(H,15,16). The number of nitrogens with one attached hydrogen (secondary N) is 1. The SMILES string of the molecule is CN(C)C1(CNc2ncccc2C(N)=S)CCC1. The Morgan fingerprint density at radius 2 is 2.28 bits per heavy atom. The summed E-state index contributed by atoms with van der Waals surface area (Å²) in [5, 5.41) is 3.40. The lowest BCUT2D eigenvalue weighted by atomic mass is 9.75. The van der Waals surface area contributed by atoms with Crippen LogP contribution in [0.2, 0.25) is 0 Å². The zero-order chi connectivity index (χ0) is 13.2. The minimum atomic E-state index is 0.255. The van der Waals surface area contributed by atoms with Gasteiger partial charge in [0.25, 0.3) is 0 Å². The molecule has 0 radical (unpaired) electrons.